The number of hydrogen-bond donors (Lipinski definition) is 0. The molecule has 0 saturated carbocycles. The van der Waals surface area contributed by atoms with E-state index in [4.69, 9.17) is 27.9 Å². The summed E-state index contributed by atoms with van der Waals surface area (Å²) < 4.78 is 5.43. The summed E-state index contributed by atoms with van der Waals surface area (Å²) in [6.45, 7) is 7.11. The highest BCUT2D eigenvalue weighted by atomic mass is 35.5. The molecule has 6 heteroatoms. The molecule has 4 nitrogen and oxygen atoms in total. The second-order valence-corrected chi connectivity index (χ2v) is 7.04. The van der Waals surface area contributed by atoms with Crippen molar-refractivity contribution in [2.45, 2.75) is 13.1 Å². The Hall–Kier alpha value is -1.17. The van der Waals surface area contributed by atoms with Crippen LogP contribution < -0.4 is 0 Å². The number of hydrogen-bond acceptors (Lipinski definition) is 4. The summed E-state index contributed by atoms with van der Waals surface area (Å²) in [5.41, 5.74) is 2.17. The molecule has 1 aromatic heterocycles. The molecule has 3 rings (SSSR count). The lowest BCUT2D eigenvalue weighted by Crippen LogP contribution is -2.41. The van der Waals surface area contributed by atoms with Crippen LogP contribution >= 0.6 is 23.2 Å². The molecule has 0 unspecified atom stereocenters. The van der Waals surface area contributed by atoms with Gasteiger partial charge in [0, 0.05) is 67.3 Å². The van der Waals surface area contributed by atoms with Gasteiger partial charge in [0.25, 0.3) is 0 Å². The Balaban J connectivity index is 1.69. The van der Waals surface area contributed by atoms with E-state index in [1.54, 1.807) is 6.20 Å². The number of aromatic nitrogens is 1. The molecule has 134 valence electrons. The Bertz CT molecular complexity index is 643. The molecule has 0 bridgehead atoms. The second-order valence-electron chi connectivity index (χ2n) is 6.23. The van der Waals surface area contributed by atoms with Gasteiger partial charge in [0.2, 0.25) is 0 Å². The van der Waals surface area contributed by atoms with Gasteiger partial charge in [-0.15, -0.1) is 0 Å². The Morgan fingerprint density at radius 3 is 2.48 bits per heavy atom. The molecule has 1 aliphatic heterocycles. The zero-order valence-corrected chi connectivity index (χ0v) is 15.7. The lowest BCUT2D eigenvalue weighted by atomic mass is 10.2. The van der Waals surface area contributed by atoms with E-state index in [9.17, 15) is 0 Å². The maximum atomic E-state index is 6.38. The van der Waals surface area contributed by atoms with Gasteiger partial charge in [-0.1, -0.05) is 35.3 Å². The minimum absolute atomic E-state index is 0.718. The Morgan fingerprint density at radius 1 is 1.04 bits per heavy atom. The molecule has 0 radical (unpaired) electrons. The molecule has 2 aromatic rings. The standard InChI is InChI=1S/C19H23Cl2N3O/c20-18-4-1-5-19(21)17(18)15-24(14-16-3-2-6-22-13-16)8-7-23-9-11-25-12-10-23/h1-6,13H,7-12,14-15H2. The number of rotatable bonds is 7. The van der Waals surface area contributed by atoms with Gasteiger partial charge in [-0.2, -0.15) is 0 Å². The van der Waals surface area contributed by atoms with Crippen molar-refractivity contribution in [3.63, 3.8) is 0 Å². The molecule has 1 aromatic carbocycles. The average Bonchev–Trinajstić information content (AvgIpc) is 2.64. The van der Waals surface area contributed by atoms with Crippen molar-refractivity contribution in [3.05, 3.63) is 63.9 Å². The van der Waals surface area contributed by atoms with Crippen LogP contribution in [0.5, 0.6) is 0 Å². The van der Waals surface area contributed by atoms with Crippen molar-refractivity contribution in [2.24, 2.45) is 0 Å². The quantitative estimate of drug-likeness (QED) is 0.732. The van der Waals surface area contributed by atoms with Crippen molar-refractivity contribution < 1.29 is 4.74 Å². The smallest absolute Gasteiger partial charge is 0.0594 e. The van der Waals surface area contributed by atoms with E-state index in [-0.39, 0.29) is 0 Å². The summed E-state index contributed by atoms with van der Waals surface area (Å²) >= 11 is 12.8. The van der Waals surface area contributed by atoms with Gasteiger partial charge >= 0.3 is 0 Å². The third kappa shape index (κ3) is 5.66. The molecule has 0 atom stereocenters. The Morgan fingerprint density at radius 2 is 1.80 bits per heavy atom. The van der Waals surface area contributed by atoms with Gasteiger partial charge in [0.15, 0.2) is 0 Å². The molecular weight excluding hydrogens is 357 g/mol. The maximum absolute atomic E-state index is 6.38. The average molecular weight is 380 g/mol. The van der Waals surface area contributed by atoms with E-state index in [0.717, 1.165) is 68.1 Å². The van der Waals surface area contributed by atoms with Crippen molar-refractivity contribution in [1.82, 2.24) is 14.8 Å². The highest BCUT2D eigenvalue weighted by Gasteiger charge is 2.15. The first kappa shape index (κ1) is 18.6. The van der Waals surface area contributed by atoms with Crippen LogP contribution in [0.2, 0.25) is 10.0 Å². The number of ether oxygens (including phenoxy) is 1. The molecule has 1 fully saturated rings. The SMILES string of the molecule is Clc1cccc(Cl)c1CN(CCN1CCOCC1)Cc1cccnc1. The molecule has 1 saturated heterocycles. The van der Waals surface area contributed by atoms with Gasteiger partial charge in [-0.25, -0.2) is 0 Å². The number of pyridine rings is 1. The third-order valence-corrected chi connectivity index (χ3v) is 5.12. The van der Waals surface area contributed by atoms with Crippen molar-refractivity contribution in [1.29, 1.82) is 0 Å². The highest BCUT2D eigenvalue weighted by molar-refractivity contribution is 6.35. The van der Waals surface area contributed by atoms with Crippen LogP contribution in [-0.2, 0) is 17.8 Å². The molecule has 2 heterocycles. The van der Waals surface area contributed by atoms with E-state index in [1.807, 2.05) is 30.5 Å². The lowest BCUT2D eigenvalue weighted by Gasteiger charge is -2.30. The molecule has 0 spiro atoms. The van der Waals surface area contributed by atoms with E-state index >= 15 is 0 Å². The predicted octanol–water partition coefficient (Wildman–Crippen LogP) is 3.72. The van der Waals surface area contributed by atoms with Crippen LogP contribution in [0.15, 0.2) is 42.7 Å². The molecular formula is C19H23Cl2N3O. The van der Waals surface area contributed by atoms with Gasteiger partial charge in [-0.05, 0) is 23.8 Å². The first-order valence-corrected chi connectivity index (χ1v) is 9.32. The fourth-order valence-corrected chi connectivity index (χ4v) is 3.50. The molecule has 0 N–H and O–H groups in total. The van der Waals surface area contributed by atoms with Crippen LogP contribution in [0, 0.1) is 0 Å². The number of morpholine rings is 1. The van der Waals surface area contributed by atoms with Gasteiger partial charge < -0.3 is 4.74 Å². The minimum Gasteiger partial charge on any atom is -0.379 e. The third-order valence-electron chi connectivity index (χ3n) is 4.41. The normalized spacial score (nSPS) is 15.6. The zero-order valence-electron chi connectivity index (χ0n) is 14.2. The van der Waals surface area contributed by atoms with Crippen LogP contribution in [0.25, 0.3) is 0 Å². The summed E-state index contributed by atoms with van der Waals surface area (Å²) in [4.78, 5) is 9.04. The lowest BCUT2D eigenvalue weighted by molar-refractivity contribution is 0.0325. The first-order chi connectivity index (χ1) is 12.2. The zero-order chi connectivity index (χ0) is 17.5. The number of benzene rings is 1. The van der Waals surface area contributed by atoms with E-state index in [1.165, 1.54) is 5.56 Å². The second kappa shape index (κ2) is 9.51. The topological polar surface area (TPSA) is 28.6 Å². The van der Waals surface area contributed by atoms with Gasteiger partial charge in [-0.3, -0.25) is 14.8 Å². The molecule has 1 aliphatic rings. The van der Waals surface area contributed by atoms with E-state index in [0.29, 0.717) is 0 Å². The van der Waals surface area contributed by atoms with Crippen LogP contribution in [0.4, 0.5) is 0 Å². The largest absolute Gasteiger partial charge is 0.379 e. The molecule has 0 amide bonds. The molecule has 25 heavy (non-hydrogen) atoms. The van der Waals surface area contributed by atoms with Gasteiger partial charge in [0.1, 0.15) is 0 Å². The highest BCUT2D eigenvalue weighted by Crippen LogP contribution is 2.26. The Kier molecular flexibility index (Phi) is 7.08. The first-order valence-electron chi connectivity index (χ1n) is 8.56. The van der Waals surface area contributed by atoms with Crippen LogP contribution in [0.3, 0.4) is 0 Å². The van der Waals surface area contributed by atoms with Crippen molar-refractivity contribution in [3.8, 4) is 0 Å². The summed E-state index contributed by atoms with van der Waals surface area (Å²) in [7, 11) is 0. The fourth-order valence-electron chi connectivity index (χ4n) is 2.98. The minimum atomic E-state index is 0.718. The summed E-state index contributed by atoms with van der Waals surface area (Å²) in [6, 6.07) is 9.74. The maximum Gasteiger partial charge on any atom is 0.0594 e. The van der Waals surface area contributed by atoms with E-state index < -0.39 is 0 Å². The predicted molar refractivity (Wildman–Crippen MR) is 102 cm³/mol. The summed E-state index contributed by atoms with van der Waals surface area (Å²) in [5.74, 6) is 0. The summed E-state index contributed by atoms with van der Waals surface area (Å²) in [6.07, 6.45) is 3.71. The molecule has 0 aliphatic carbocycles. The fraction of sp³-hybridized carbons (Fsp3) is 0.421. The van der Waals surface area contributed by atoms with Gasteiger partial charge in [0.05, 0.1) is 13.2 Å². The summed E-state index contributed by atoms with van der Waals surface area (Å²) in [5, 5.41) is 1.44. The Labute approximate surface area is 159 Å². The van der Waals surface area contributed by atoms with Crippen LogP contribution in [0.1, 0.15) is 11.1 Å². The van der Waals surface area contributed by atoms with Crippen molar-refractivity contribution in [2.75, 3.05) is 39.4 Å². The van der Waals surface area contributed by atoms with Crippen LogP contribution in [-0.4, -0.2) is 54.2 Å². The number of nitrogens with zero attached hydrogens (tertiary/aromatic N) is 3. The number of halogens is 2. The van der Waals surface area contributed by atoms with Crippen molar-refractivity contribution >= 4 is 23.2 Å². The van der Waals surface area contributed by atoms with E-state index in [2.05, 4.69) is 20.9 Å². The monoisotopic (exact) mass is 379 g/mol.